The van der Waals surface area contributed by atoms with Gasteiger partial charge in [0.15, 0.2) is 0 Å². The monoisotopic (exact) mass is 233 g/mol. The number of hydrogen-bond acceptors (Lipinski definition) is 3. The van der Waals surface area contributed by atoms with Crippen LogP contribution in [-0.4, -0.2) is 17.1 Å². The highest BCUT2D eigenvalue weighted by atomic mass is 15.0. The maximum absolute atomic E-state index is 6.04. The van der Waals surface area contributed by atoms with Gasteiger partial charge in [-0.1, -0.05) is 26.8 Å². The van der Waals surface area contributed by atoms with Crippen LogP contribution in [0.4, 0.5) is 5.82 Å². The van der Waals surface area contributed by atoms with E-state index < -0.39 is 0 Å². The number of rotatable bonds is 2. The molecule has 1 aromatic heterocycles. The Morgan fingerprint density at radius 2 is 2.06 bits per heavy atom. The summed E-state index contributed by atoms with van der Waals surface area (Å²) in [4.78, 5) is 4.48. The molecule has 0 aliphatic heterocycles. The first-order chi connectivity index (χ1) is 7.97. The van der Waals surface area contributed by atoms with Crippen LogP contribution in [0.15, 0.2) is 18.3 Å². The lowest BCUT2D eigenvalue weighted by Gasteiger charge is -2.21. The number of aromatic nitrogens is 1. The predicted molar refractivity (Wildman–Crippen MR) is 72.2 cm³/mol. The molecule has 1 aliphatic rings. The highest BCUT2D eigenvalue weighted by Gasteiger charge is 2.23. The van der Waals surface area contributed by atoms with E-state index in [1.165, 1.54) is 12.0 Å². The van der Waals surface area contributed by atoms with Crippen molar-refractivity contribution in [2.45, 2.75) is 57.5 Å². The van der Waals surface area contributed by atoms with E-state index in [-0.39, 0.29) is 11.5 Å². The molecule has 2 atom stereocenters. The fraction of sp³-hybridized carbons (Fsp3) is 0.643. The molecule has 1 saturated carbocycles. The molecule has 3 heteroatoms. The van der Waals surface area contributed by atoms with E-state index in [1.807, 2.05) is 6.20 Å². The van der Waals surface area contributed by atoms with Crippen LogP contribution in [-0.2, 0) is 5.41 Å². The standard InChI is InChI=1S/C14H23N3/c1-14(2,3)10-7-8-13(16-9-10)17-12-6-4-5-11(12)15/h7-9,11-12H,4-6,15H2,1-3H3,(H,16,17). The fourth-order valence-electron chi connectivity index (χ4n) is 2.28. The molecule has 94 valence electrons. The molecule has 3 N–H and O–H groups in total. The van der Waals surface area contributed by atoms with Crippen LogP contribution in [0.1, 0.15) is 45.6 Å². The molecule has 0 spiro atoms. The zero-order valence-electron chi connectivity index (χ0n) is 11.0. The Balaban J connectivity index is 2.03. The van der Waals surface area contributed by atoms with Crippen LogP contribution >= 0.6 is 0 Å². The molecule has 0 radical (unpaired) electrons. The Morgan fingerprint density at radius 1 is 1.29 bits per heavy atom. The van der Waals surface area contributed by atoms with Crippen molar-refractivity contribution in [3.63, 3.8) is 0 Å². The van der Waals surface area contributed by atoms with Crippen LogP contribution in [0, 0.1) is 0 Å². The smallest absolute Gasteiger partial charge is 0.126 e. The maximum Gasteiger partial charge on any atom is 0.126 e. The van der Waals surface area contributed by atoms with Crippen LogP contribution in [0.5, 0.6) is 0 Å². The Labute approximate surface area is 104 Å². The Bertz CT molecular complexity index is 364. The van der Waals surface area contributed by atoms with Crippen LogP contribution in [0.3, 0.4) is 0 Å². The van der Waals surface area contributed by atoms with Crippen molar-refractivity contribution in [1.82, 2.24) is 4.98 Å². The van der Waals surface area contributed by atoms with E-state index in [2.05, 4.69) is 43.2 Å². The van der Waals surface area contributed by atoms with Crippen molar-refractivity contribution in [2.75, 3.05) is 5.32 Å². The third-order valence-corrected chi connectivity index (χ3v) is 3.53. The van der Waals surface area contributed by atoms with Gasteiger partial charge in [0.2, 0.25) is 0 Å². The lowest BCUT2D eigenvalue weighted by atomic mass is 9.88. The van der Waals surface area contributed by atoms with E-state index >= 15 is 0 Å². The summed E-state index contributed by atoms with van der Waals surface area (Å²) in [6.45, 7) is 6.60. The summed E-state index contributed by atoms with van der Waals surface area (Å²) < 4.78 is 0. The fourth-order valence-corrected chi connectivity index (χ4v) is 2.28. The molecule has 0 bridgehead atoms. The largest absolute Gasteiger partial charge is 0.366 e. The van der Waals surface area contributed by atoms with Gasteiger partial charge in [0.25, 0.3) is 0 Å². The van der Waals surface area contributed by atoms with Crippen molar-refractivity contribution < 1.29 is 0 Å². The van der Waals surface area contributed by atoms with Gasteiger partial charge in [0.05, 0.1) is 0 Å². The van der Waals surface area contributed by atoms with Crippen LogP contribution < -0.4 is 11.1 Å². The lowest BCUT2D eigenvalue weighted by molar-refractivity contribution is 0.587. The number of nitrogens with one attached hydrogen (secondary N) is 1. The summed E-state index contributed by atoms with van der Waals surface area (Å²) in [5.74, 6) is 0.945. The molecular weight excluding hydrogens is 210 g/mol. The first kappa shape index (κ1) is 12.4. The number of nitrogens with zero attached hydrogens (tertiary/aromatic N) is 1. The summed E-state index contributed by atoms with van der Waals surface area (Å²) >= 11 is 0. The second-order valence-corrected chi connectivity index (χ2v) is 6.03. The van der Waals surface area contributed by atoms with E-state index in [0.717, 1.165) is 18.7 Å². The average molecular weight is 233 g/mol. The summed E-state index contributed by atoms with van der Waals surface area (Å²) in [5, 5.41) is 3.43. The SMILES string of the molecule is CC(C)(C)c1ccc(NC2CCCC2N)nc1. The molecule has 0 amide bonds. The van der Waals surface area contributed by atoms with Gasteiger partial charge in [-0.2, -0.15) is 0 Å². The minimum Gasteiger partial charge on any atom is -0.366 e. The summed E-state index contributed by atoms with van der Waals surface area (Å²) in [5.41, 5.74) is 7.46. The molecule has 1 heterocycles. The van der Waals surface area contributed by atoms with Gasteiger partial charge in [0, 0.05) is 18.3 Å². The predicted octanol–water partition coefficient (Wildman–Crippen LogP) is 2.67. The molecule has 3 nitrogen and oxygen atoms in total. The number of nitrogens with two attached hydrogens (primary N) is 1. The second-order valence-electron chi connectivity index (χ2n) is 6.03. The average Bonchev–Trinajstić information content (AvgIpc) is 2.64. The molecule has 0 aromatic carbocycles. The lowest BCUT2D eigenvalue weighted by Crippen LogP contribution is -2.35. The minimum atomic E-state index is 0.162. The second kappa shape index (κ2) is 4.65. The Hall–Kier alpha value is -1.09. The number of hydrogen-bond donors (Lipinski definition) is 2. The van der Waals surface area contributed by atoms with Gasteiger partial charge in [-0.3, -0.25) is 0 Å². The molecule has 1 aliphatic carbocycles. The van der Waals surface area contributed by atoms with E-state index in [9.17, 15) is 0 Å². The molecule has 1 fully saturated rings. The highest BCUT2D eigenvalue weighted by Crippen LogP contribution is 2.24. The molecular formula is C14H23N3. The molecule has 0 saturated heterocycles. The Kier molecular flexibility index (Phi) is 3.38. The zero-order chi connectivity index (χ0) is 12.5. The van der Waals surface area contributed by atoms with Gasteiger partial charge >= 0.3 is 0 Å². The van der Waals surface area contributed by atoms with E-state index in [1.54, 1.807) is 0 Å². The molecule has 1 aromatic rings. The minimum absolute atomic E-state index is 0.162. The molecule has 2 rings (SSSR count). The van der Waals surface area contributed by atoms with Crippen molar-refractivity contribution >= 4 is 5.82 Å². The van der Waals surface area contributed by atoms with Gasteiger partial charge in [-0.05, 0) is 36.3 Å². The van der Waals surface area contributed by atoms with Gasteiger partial charge in [-0.25, -0.2) is 4.98 Å². The quantitative estimate of drug-likeness (QED) is 0.825. The highest BCUT2D eigenvalue weighted by molar-refractivity contribution is 5.38. The van der Waals surface area contributed by atoms with Crippen LogP contribution in [0.25, 0.3) is 0 Å². The summed E-state index contributed by atoms with van der Waals surface area (Å²) in [6.07, 6.45) is 5.46. The number of pyridine rings is 1. The van der Waals surface area contributed by atoms with E-state index in [4.69, 9.17) is 5.73 Å². The normalized spacial score (nSPS) is 24.9. The van der Waals surface area contributed by atoms with E-state index in [0.29, 0.717) is 6.04 Å². The third-order valence-electron chi connectivity index (χ3n) is 3.53. The van der Waals surface area contributed by atoms with Gasteiger partial charge in [0.1, 0.15) is 5.82 Å². The van der Waals surface area contributed by atoms with Gasteiger partial charge < -0.3 is 11.1 Å². The maximum atomic E-state index is 6.04. The first-order valence-electron chi connectivity index (χ1n) is 6.45. The van der Waals surface area contributed by atoms with Crippen molar-refractivity contribution in [3.05, 3.63) is 23.9 Å². The molecule has 17 heavy (non-hydrogen) atoms. The summed E-state index contributed by atoms with van der Waals surface area (Å²) in [7, 11) is 0. The number of anilines is 1. The van der Waals surface area contributed by atoms with Crippen molar-refractivity contribution in [2.24, 2.45) is 5.73 Å². The van der Waals surface area contributed by atoms with Crippen molar-refractivity contribution in [3.8, 4) is 0 Å². The van der Waals surface area contributed by atoms with Crippen molar-refractivity contribution in [1.29, 1.82) is 0 Å². The third kappa shape index (κ3) is 2.97. The Morgan fingerprint density at radius 3 is 2.53 bits per heavy atom. The zero-order valence-corrected chi connectivity index (χ0v) is 11.0. The summed E-state index contributed by atoms with van der Waals surface area (Å²) in [6, 6.07) is 4.88. The topological polar surface area (TPSA) is 50.9 Å². The first-order valence-corrected chi connectivity index (χ1v) is 6.45. The van der Waals surface area contributed by atoms with Crippen LogP contribution in [0.2, 0.25) is 0 Å². The van der Waals surface area contributed by atoms with Gasteiger partial charge in [-0.15, -0.1) is 0 Å². The molecule has 2 unspecified atom stereocenters.